The van der Waals surface area contributed by atoms with Crippen molar-refractivity contribution in [2.75, 3.05) is 13.7 Å². The highest BCUT2D eigenvalue weighted by Gasteiger charge is 2.58. The van der Waals surface area contributed by atoms with Crippen LogP contribution in [0.15, 0.2) is 0 Å². The molecule has 0 aromatic heterocycles. The summed E-state index contributed by atoms with van der Waals surface area (Å²) in [5.41, 5.74) is -4.08. The number of rotatable bonds is 3. The first-order valence-corrected chi connectivity index (χ1v) is 5.18. The van der Waals surface area contributed by atoms with Gasteiger partial charge < -0.3 is 14.9 Å². The van der Waals surface area contributed by atoms with Crippen molar-refractivity contribution in [1.29, 1.82) is 0 Å². The molecule has 0 spiro atoms. The molecule has 2 N–H and O–H groups in total. The van der Waals surface area contributed by atoms with Gasteiger partial charge >= 0.3 is 12.1 Å². The minimum Gasteiger partial charge on any atom is -0.481 e. The molecule has 1 rings (SSSR count). The first kappa shape index (κ1) is 14.2. The van der Waals surface area contributed by atoms with E-state index in [0.717, 1.165) is 0 Å². The van der Waals surface area contributed by atoms with Gasteiger partial charge in [0.1, 0.15) is 0 Å². The Bertz CT molecular complexity index is 292. The van der Waals surface area contributed by atoms with Crippen molar-refractivity contribution in [3.05, 3.63) is 0 Å². The van der Waals surface area contributed by atoms with Gasteiger partial charge in [0.25, 0.3) is 0 Å². The lowest BCUT2D eigenvalue weighted by Crippen LogP contribution is -2.52. The number of carboxylic acid groups (broad SMARTS) is 1. The lowest BCUT2D eigenvalue weighted by atomic mass is 9.68. The topological polar surface area (TPSA) is 66.8 Å². The Kier molecular flexibility index (Phi) is 3.73. The molecule has 1 fully saturated rings. The maximum absolute atomic E-state index is 12.5. The number of methoxy groups -OCH3 is 1. The second-order valence-corrected chi connectivity index (χ2v) is 4.55. The minimum absolute atomic E-state index is 0.143. The third-order valence-corrected chi connectivity index (χ3v) is 3.44. The van der Waals surface area contributed by atoms with Crippen LogP contribution in [0.4, 0.5) is 13.2 Å². The van der Waals surface area contributed by atoms with Crippen molar-refractivity contribution in [3.8, 4) is 0 Å². The predicted molar refractivity (Wildman–Crippen MR) is 51.4 cm³/mol. The zero-order valence-electron chi connectivity index (χ0n) is 9.38. The van der Waals surface area contributed by atoms with Gasteiger partial charge in [0.05, 0.1) is 12.0 Å². The summed E-state index contributed by atoms with van der Waals surface area (Å²) in [6.45, 7) is -0.143. The van der Waals surface area contributed by atoms with Crippen LogP contribution in [0.3, 0.4) is 0 Å². The number of hydrogen-bond acceptors (Lipinski definition) is 3. The van der Waals surface area contributed by atoms with Gasteiger partial charge in [-0.05, 0) is 25.7 Å². The third kappa shape index (κ3) is 2.55. The molecule has 0 radical (unpaired) electrons. The van der Waals surface area contributed by atoms with Crippen molar-refractivity contribution < 1.29 is 32.9 Å². The van der Waals surface area contributed by atoms with Gasteiger partial charge in [-0.1, -0.05) is 0 Å². The maximum Gasteiger partial charge on any atom is 0.417 e. The second kappa shape index (κ2) is 4.45. The van der Waals surface area contributed by atoms with E-state index < -0.39 is 36.0 Å². The number of carbonyl (C=O) groups is 1. The third-order valence-electron chi connectivity index (χ3n) is 3.44. The average molecular weight is 256 g/mol. The van der Waals surface area contributed by atoms with E-state index in [2.05, 4.69) is 0 Å². The standard InChI is InChI=1S/C10H15F3O4/c1-17-6-8(7(14)15)2-4-9(16,5-3-8)10(11,12)13/h16H,2-6H2,1H3,(H,14,15). The second-order valence-electron chi connectivity index (χ2n) is 4.55. The van der Waals surface area contributed by atoms with E-state index in [1.807, 2.05) is 0 Å². The number of alkyl halides is 3. The molecule has 0 aromatic carbocycles. The molecule has 0 unspecified atom stereocenters. The summed E-state index contributed by atoms with van der Waals surface area (Å²) < 4.78 is 42.4. The van der Waals surface area contributed by atoms with Gasteiger partial charge in [0, 0.05) is 7.11 Å². The van der Waals surface area contributed by atoms with Crippen LogP contribution >= 0.6 is 0 Å². The predicted octanol–water partition coefficient (Wildman–Crippen LogP) is 1.57. The van der Waals surface area contributed by atoms with E-state index in [4.69, 9.17) is 9.84 Å². The monoisotopic (exact) mass is 256 g/mol. The molecule has 0 heterocycles. The first-order chi connectivity index (χ1) is 7.67. The van der Waals surface area contributed by atoms with E-state index in [9.17, 15) is 23.1 Å². The fraction of sp³-hybridized carbons (Fsp3) is 0.900. The largest absolute Gasteiger partial charge is 0.481 e. The lowest BCUT2D eigenvalue weighted by Gasteiger charge is -2.41. The molecule has 100 valence electrons. The Balaban J connectivity index is 2.81. The van der Waals surface area contributed by atoms with Crippen LogP contribution in [-0.2, 0) is 9.53 Å². The highest BCUT2D eigenvalue weighted by Crippen LogP contribution is 2.47. The van der Waals surface area contributed by atoms with Gasteiger partial charge in [0.2, 0.25) is 0 Å². The smallest absolute Gasteiger partial charge is 0.417 e. The molecule has 0 aromatic rings. The molecular weight excluding hydrogens is 241 g/mol. The quantitative estimate of drug-likeness (QED) is 0.804. The number of aliphatic carboxylic acids is 1. The minimum atomic E-state index is -4.72. The number of hydrogen-bond donors (Lipinski definition) is 2. The summed E-state index contributed by atoms with van der Waals surface area (Å²) in [7, 11) is 1.30. The summed E-state index contributed by atoms with van der Waals surface area (Å²) >= 11 is 0. The number of carboxylic acids is 1. The summed E-state index contributed by atoms with van der Waals surface area (Å²) in [5.74, 6) is -1.18. The maximum atomic E-state index is 12.5. The van der Waals surface area contributed by atoms with Gasteiger partial charge in [0.15, 0.2) is 5.60 Å². The number of halogens is 3. The van der Waals surface area contributed by atoms with Crippen molar-refractivity contribution in [1.82, 2.24) is 0 Å². The molecule has 0 atom stereocenters. The summed E-state index contributed by atoms with van der Waals surface area (Å²) in [5, 5.41) is 18.5. The average Bonchev–Trinajstić information content (AvgIpc) is 2.20. The zero-order valence-corrected chi connectivity index (χ0v) is 9.38. The molecule has 0 bridgehead atoms. The van der Waals surface area contributed by atoms with E-state index >= 15 is 0 Å². The molecule has 1 aliphatic carbocycles. The van der Waals surface area contributed by atoms with Crippen molar-refractivity contribution >= 4 is 5.97 Å². The lowest BCUT2D eigenvalue weighted by molar-refractivity contribution is -0.276. The van der Waals surface area contributed by atoms with Crippen LogP contribution in [0, 0.1) is 5.41 Å². The molecular formula is C10H15F3O4. The van der Waals surface area contributed by atoms with Gasteiger partial charge in [-0.2, -0.15) is 13.2 Å². The Morgan fingerprint density at radius 1 is 1.29 bits per heavy atom. The normalized spacial score (nSPS) is 34.6. The van der Waals surface area contributed by atoms with Crippen molar-refractivity contribution in [2.24, 2.45) is 5.41 Å². The first-order valence-electron chi connectivity index (χ1n) is 5.18. The van der Waals surface area contributed by atoms with Crippen LogP contribution in [-0.4, -0.2) is 41.7 Å². The Morgan fingerprint density at radius 2 is 1.76 bits per heavy atom. The fourth-order valence-electron chi connectivity index (χ4n) is 2.12. The van der Waals surface area contributed by atoms with Crippen molar-refractivity contribution in [2.45, 2.75) is 37.5 Å². The fourth-order valence-corrected chi connectivity index (χ4v) is 2.12. The van der Waals surface area contributed by atoms with E-state index in [1.54, 1.807) is 0 Å². The van der Waals surface area contributed by atoms with Gasteiger partial charge in [-0.25, -0.2) is 0 Å². The van der Waals surface area contributed by atoms with Crippen LogP contribution in [0.2, 0.25) is 0 Å². The van der Waals surface area contributed by atoms with E-state index in [1.165, 1.54) is 7.11 Å². The molecule has 7 heteroatoms. The summed E-state index contributed by atoms with van der Waals surface area (Å²) in [6, 6.07) is 0. The Hall–Kier alpha value is -0.820. The van der Waals surface area contributed by atoms with Crippen LogP contribution in [0.25, 0.3) is 0 Å². The van der Waals surface area contributed by atoms with Crippen LogP contribution < -0.4 is 0 Å². The van der Waals surface area contributed by atoms with Gasteiger partial charge in [-0.3, -0.25) is 4.79 Å². The molecule has 1 aliphatic rings. The van der Waals surface area contributed by atoms with E-state index in [-0.39, 0.29) is 19.4 Å². The molecule has 1 saturated carbocycles. The molecule has 0 aliphatic heterocycles. The molecule has 4 nitrogen and oxygen atoms in total. The van der Waals surface area contributed by atoms with E-state index in [0.29, 0.717) is 0 Å². The zero-order chi connectivity index (χ0) is 13.3. The van der Waals surface area contributed by atoms with Crippen LogP contribution in [0.5, 0.6) is 0 Å². The number of aliphatic hydroxyl groups is 1. The van der Waals surface area contributed by atoms with Gasteiger partial charge in [-0.15, -0.1) is 0 Å². The highest BCUT2D eigenvalue weighted by atomic mass is 19.4. The molecule has 0 amide bonds. The summed E-state index contributed by atoms with van der Waals surface area (Å²) in [4.78, 5) is 11.1. The molecule has 17 heavy (non-hydrogen) atoms. The molecule has 0 saturated heterocycles. The Morgan fingerprint density at radius 3 is 2.06 bits per heavy atom. The SMILES string of the molecule is COCC1(C(=O)O)CCC(O)(C(F)(F)F)CC1. The van der Waals surface area contributed by atoms with Crippen molar-refractivity contribution in [3.63, 3.8) is 0 Å². The Labute approximate surface area is 96.4 Å². The van der Waals surface area contributed by atoms with Crippen LogP contribution in [0.1, 0.15) is 25.7 Å². The highest BCUT2D eigenvalue weighted by molar-refractivity contribution is 5.75. The summed E-state index contributed by atoms with van der Waals surface area (Å²) in [6.07, 6.45) is -6.42. The number of ether oxygens (including phenoxy) is 1.